The fourth-order valence-electron chi connectivity index (χ4n) is 0.489. The molecular weight excluding hydrogens is 170 g/mol. The molecule has 44 valence electrons. The Morgan fingerprint density at radius 2 is 2.50 bits per heavy atom. The Kier molecular flexibility index (Phi) is 1.49. The molecule has 0 aromatic carbocycles. The largest absolute Gasteiger partial charge is 0.373 e. The van der Waals surface area contributed by atoms with Crippen LogP contribution in [0.2, 0.25) is 0 Å². The zero-order valence-corrected chi connectivity index (χ0v) is 5.80. The van der Waals surface area contributed by atoms with E-state index in [1.165, 1.54) is 6.21 Å². The average Bonchev–Trinajstić information content (AvgIpc) is 1.65. The SMILES string of the molecule is OC1(Br)C=NC=CC1. The molecule has 0 bridgehead atoms. The summed E-state index contributed by atoms with van der Waals surface area (Å²) in [6.07, 6.45) is 5.52. The lowest BCUT2D eigenvalue weighted by Gasteiger charge is -2.14. The lowest BCUT2D eigenvalue weighted by Crippen LogP contribution is -2.21. The lowest BCUT2D eigenvalue weighted by atomic mass is 10.2. The number of rotatable bonds is 0. The first kappa shape index (κ1) is 5.98. The van der Waals surface area contributed by atoms with Gasteiger partial charge in [-0.25, -0.2) is 0 Å². The first-order valence-electron chi connectivity index (χ1n) is 2.31. The summed E-state index contributed by atoms with van der Waals surface area (Å²) >= 11 is 3.05. The first-order chi connectivity index (χ1) is 3.71. The van der Waals surface area contributed by atoms with E-state index in [0.29, 0.717) is 6.42 Å². The second kappa shape index (κ2) is 1.99. The molecule has 1 N–H and O–H groups in total. The molecular formula is C5H6BrNO. The zero-order chi connectivity index (χ0) is 6.04. The third-order valence-corrected chi connectivity index (χ3v) is 1.40. The summed E-state index contributed by atoms with van der Waals surface area (Å²) < 4.78 is -0.887. The van der Waals surface area contributed by atoms with Crippen molar-refractivity contribution >= 4 is 22.1 Å². The minimum Gasteiger partial charge on any atom is -0.373 e. The van der Waals surface area contributed by atoms with E-state index in [4.69, 9.17) is 5.11 Å². The van der Waals surface area contributed by atoms with Crippen LogP contribution < -0.4 is 0 Å². The molecule has 8 heavy (non-hydrogen) atoms. The molecule has 0 fully saturated rings. The van der Waals surface area contributed by atoms with Gasteiger partial charge in [-0.2, -0.15) is 0 Å². The fourth-order valence-corrected chi connectivity index (χ4v) is 0.794. The minimum absolute atomic E-state index is 0.594. The first-order valence-corrected chi connectivity index (χ1v) is 3.11. The van der Waals surface area contributed by atoms with Crippen LogP contribution in [-0.2, 0) is 0 Å². The van der Waals surface area contributed by atoms with Gasteiger partial charge in [0.1, 0.15) is 0 Å². The second-order valence-corrected chi connectivity index (χ2v) is 3.06. The Hall–Kier alpha value is -0.150. The van der Waals surface area contributed by atoms with Crippen molar-refractivity contribution in [1.82, 2.24) is 0 Å². The summed E-state index contributed by atoms with van der Waals surface area (Å²) in [5.41, 5.74) is 0. The number of halogens is 1. The number of hydrogen-bond acceptors (Lipinski definition) is 2. The number of nitrogens with zero attached hydrogens (tertiary/aromatic N) is 1. The van der Waals surface area contributed by atoms with E-state index in [1.54, 1.807) is 12.3 Å². The summed E-state index contributed by atoms with van der Waals surface area (Å²) in [5, 5.41) is 9.09. The normalized spacial score (nSPS) is 35.8. The van der Waals surface area contributed by atoms with Gasteiger partial charge in [-0.05, 0) is 15.9 Å². The van der Waals surface area contributed by atoms with Gasteiger partial charge >= 0.3 is 0 Å². The van der Waals surface area contributed by atoms with Crippen molar-refractivity contribution in [2.45, 2.75) is 10.9 Å². The number of alkyl halides is 1. The number of aliphatic imine (C=N–C) groups is 1. The van der Waals surface area contributed by atoms with E-state index >= 15 is 0 Å². The van der Waals surface area contributed by atoms with Crippen LogP contribution in [0.3, 0.4) is 0 Å². The average molecular weight is 176 g/mol. The van der Waals surface area contributed by atoms with Crippen molar-refractivity contribution in [3.63, 3.8) is 0 Å². The molecule has 0 aromatic heterocycles. The molecule has 0 aliphatic carbocycles. The van der Waals surface area contributed by atoms with Crippen LogP contribution in [0.5, 0.6) is 0 Å². The van der Waals surface area contributed by atoms with Crippen LogP contribution in [0, 0.1) is 0 Å². The third kappa shape index (κ3) is 1.42. The van der Waals surface area contributed by atoms with Crippen molar-refractivity contribution in [3.8, 4) is 0 Å². The monoisotopic (exact) mass is 175 g/mol. The molecule has 1 aliphatic heterocycles. The van der Waals surface area contributed by atoms with Gasteiger partial charge in [0.2, 0.25) is 0 Å². The van der Waals surface area contributed by atoms with E-state index in [2.05, 4.69) is 20.9 Å². The topological polar surface area (TPSA) is 32.6 Å². The van der Waals surface area contributed by atoms with Crippen molar-refractivity contribution in [2.75, 3.05) is 0 Å². The van der Waals surface area contributed by atoms with Gasteiger partial charge in [-0.3, -0.25) is 4.99 Å². The van der Waals surface area contributed by atoms with Gasteiger partial charge in [-0.15, -0.1) is 0 Å². The maximum absolute atomic E-state index is 9.09. The molecule has 1 unspecified atom stereocenters. The molecule has 1 atom stereocenters. The van der Waals surface area contributed by atoms with Gasteiger partial charge in [-0.1, -0.05) is 6.08 Å². The molecule has 0 radical (unpaired) electrons. The highest BCUT2D eigenvalue weighted by atomic mass is 79.9. The molecule has 1 rings (SSSR count). The molecule has 0 aromatic rings. The molecule has 1 aliphatic rings. The quantitative estimate of drug-likeness (QED) is 0.550. The lowest BCUT2D eigenvalue weighted by molar-refractivity contribution is 0.222. The highest BCUT2D eigenvalue weighted by molar-refractivity contribution is 9.10. The van der Waals surface area contributed by atoms with Crippen LogP contribution in [0.25, 0.3) is 0 Å². The molecule has 2 nitrogen and oxygen atoms in total. The van der Waals surface area contributed by atoms with Gasteiger partial charge < -0.3 is 5.11 Å². The van der Waals surface area contributed by atoms with Gasteiger partial charge in [0.05, 0.1) is 0 Å². The molecule has 0 spiro atoms. The number of aliphatic hydroxyl groups is 1. The van der Waals surface area contributed by atoms with E-state index in [1.807, 2.05) is 0 Å². The van der Waals surface area contributed by atoms with Crippen LogP contribution >= 0.6 is 15.9 Å². The smallest absolute Gasteiger partial charge is 0.158 e. The predicted octanol–water partition coefficient (Wildman–Crippen LogP) is 1.06. The molecule has 3 heteroatoms. The summed E-state index contributed by atoms with van der Waals surface area (Å²) in [7, 11) is 0. The Bertz CT molecular complexity index is 139. The minimum atomic E-state index is -0.887. The maximum Gasteiger partial charge on any atom is 0.158 e. The summed E-state index contributed by atoms with van der Waals surface area (Å²) in [6, 6.07) is 0. The highest BCUT2D eigenvalue weighted by Gasteiger charge is 2.18. The van der Waals surface area contributed by atoms with Crippen LogP contribution in [0.1, 0.15) is 6.42 Å². The summed E-state index contributed by atoms with van der Waals surface area (Å²) in [6.45, 7) is 0. The van der Waals surface area contributed by atoms with Crippen LogP contribution in [0.15, 0.2) is 17.3 Å². The Labute approximate surface area is 56.1 Å². The zero-order valence-electron chi connectivity index (χ0n) is 4.21. The summed E-state index contributed by atoms with van der Waals surface area (Å²) in [4.78, 5) is 3.73. The van der Waals surface area contributed by atoms with E-state index < -0.39 is 4.51 Å². The van der Waals surface area contributed by atoms with Gasteiger partial charge in [0.15, 0.2) is 4.51 Å². The summed E-state index contributed by atoms with van der Waals surface area (Å²) in [5.74, 6) is 0. The fraction of sp³-hybridized carbons (Fsp3) is 0.400. The van der Waals surface area contributed by atoms with Crippen molar-refractivity contribution in [2.24, 2.45) is 4.99 Å². The molecule has 1 heterocycles. The maximum atomic E-state index is 9.09. The van der Waals surface area contributed by atoms with Crippen molar-refractivity contribution in [3.05, 3.63) is 12.3 Å². The van der Waals surface area contributed by atoms with Crippen molar-refractivity contribution in [1.29, 1.82) is 0 Å². The Balaban J connectivity index is 2.65. The number of hydrogen-bond donors (Lipinski definition) is 1. The van der Waals surface area contributed by atoms with Gasteiger partial charge in [0.25, 0.3) is 0 Å². The Morgan fingerprint density at radius 3 is 2.75 bits per heavy atom. The molecule has 0 saturated carbocycles. The van der Waals surface area contributed by atoms with Crippen molar-refractivity contribution < 1.29 is 5.11 Å². The predicted molar refractivity (Wildman–Crippen MR) is 36.1 cm³/mol. The van der Waals surface area contributed by atoms with Crippen LogP contribution in [0.4, 0.5) is 0 Å². The standard InChI is InChI=1S/C5H6BrNO/c6-5(8)2-1-3-7-4-5/h1,3-4,8H,2H2. The third-order valence-electron chi connectivity index (χ3n) is 0.868. The van der Waals surface area contributed by atoms with Gasteiger partial charge in [0, 0.05) is 18.8 Å². The highest BCUT2D eigenvalue weighted by Crippen LogP contribution is 2.18. The van der Waals surface area contributed by atoms with Crippen LogP contribution in [-0.4, -0.2) is 15.8 Å². The molecule has 0 saturated heterocycles. The van der Waals surface area contributed by atoms with E-state index in [9.17, 15) is 0 Å². The molecule has 0 amide bonds. The second-order valence-electron chi connectivity index (χ2n) is 1.69. The van der Waals surface area contributed by atoms with E-state index in [-0.39, 0.29) is 0 Å². The van der Waals surface area contributed by atoms with E-state index in [0.717, 1.165) is 0 Å². The Morgan fingerprint density at radius 1 is 1.75 bits per heavy atom.